The van der Waals surface area contributed by atoms with Crippen LogP contribution in [0.25, 0.3) is 17.0 Å². The average molecular weight is 382 g/mol. The number of ether oxygens (including phenoxy) is 1. The van der Waals surface area contributed by atoms with Gasteiger partial charge in [0.25, 0.3) is 0 Å². The fourth-order valence-electron chi connectivity index (χ4n) is 3.11. The minimum atomic E-state index is 0.439. The Morgan fingerprint density at radius 2 is 1.93 bits per heavy atom. The summed E-state index contributed by atoms with van der Waals surface area (Å²) in [6.45, 7) is 3.93. The fourth-order valence-corrected chi connectivity index (χ4v) is 3.11. The molecule has 142 valence electrons. The Balaban J connectivity index is 1.56. The molecule has 4 rings (SSSR count). The van der Waals surface area contributed by atoms with Crippen molar-refractivity contribution in [1.29, 1.82) is 5.26 Å². The molecule has 0 aliphatic carbocycles. The number of hydrogen-bond donors (Lipinski definition) is 1. The maximum Gasteiger partial charge on any atom is 0.230 e. The highest BCUT2D eigenvalue weighted by atomic mass is 16.5. The Labute approximate surface area is 168 Å². The highest BCUT2D eigenvalue weighted by Gasteiger charge is 2.09. The van der Waals surface area contributed by atoms with Crippen LogP contribution in [0.3, 0.4) is 0 Å². The number of fused-ring (bicyclic) bond motifs is 1. The van der Waals surface area contributed by atoms with Crippen molar-refractivity contribution in [2.24, 2.45) is 0 Å². The van der Waals surface area contributed by atoms with Gasteiger partial charge in [0.2, 0.25) is 11.8 Å². The van der Waals surface area contributed by atoms with Crippen LogP contribution in [-0.2, 0) is 0 Å². The van der Waals surface area contributed by atoms with Crippen molar-refractivity contribution in [3.8, 4) is 17.7 Å². The van der Waals surface area contributed by atoms with E-state index >= 15 is 0 Å². The largest absolute Gasteiger partial charge is 0.464 e. The molecule has 2 aromatic heterocycles. The number of hydrogen-bond acceptors (Lipinski definition) is 6. The predicted octanol–water partition coefficient (Wildman–Crippen LogP) is 5.91. The van der Waals surface area contributed by atoms with Crippen LogP contribution in [0, 0.1) is 25.2 Å². The lowest BCUT2D eigenvalue weighted by molar-refractivity contribution is 0.455. The summed E-state index contributed by atoms with van der Waals surface area (Å²) in [5, 5.41) is 12.9. The standard InChI is InChI=1S/C23H18N4O2/c1-15-12-17(4-3-9-24)13-16(2)22(15)29-21-7-10-25-23(27-21)26-19-5-6-20-18(14-19)8-11-28-20/h3-8,10-14H,1-2H3,(H,25,26,27)/b4-3+. The van der Waals surface area contributed by atoms with Crippen LogP contribution in [0.4, 0.5) is 11.6 Å². The smallest absolute Gasteiger partial charge is 0.230 e. The molecular formula is C23H18N4O2. The number of benzene rings is 2. The van der Waals surface area contributed by atoms with Gasteiger partial charge in [-0.15, -0.1) is 0 Å². The lowest BCUT2D eigenvalue weighted by Gasteiger charge is -2.13. The molecule has 0 fully saturated rings. The Kier molecular flexibility index (Phi) is 4.95. The summed E-state index contributed by atoms with van der Waals surface area (Å²) >= 11 is 0. The molecule has 29 heavy (non-hydrogen) atoms. The summed E-state index contributed by atoms with van der Waals surface area (Å²) in [6.07, 6.45) is 6.53. The topological polar surface area (TPSA) is 84.0 Å². The average Bonchev–Trinajstić information content (AvgIpc) is 3.17. The van der Waals surface area contributed by atoms with Crippen molar-refractivity contribution in [2.45, 2.75) is 13.8 Å². The number of rotatable bonds is 5. The fraction of sp³-hybridized carbons (Fsp3) is 0.0870. The van der Waals surface area contributed by atoms with Gasteiger partial charge in [-0.1, -0.05) is 0 Å². The van der Waals surface area contributed by atoms with Crippen LogP contribution in [0.15, 0.2) is 65.4 Å². The van der Waals surface area contributed by atoms with Gasteiger partial charge in [0.05, 0.1) is 12.3 Å². The van der Waals surface area contributed by atoms with Gasteiger partial charge in [0.15, 0.2) is 0 Å². The predicted molar refractivity (Wildman–Crippen MR) is 112 cm³/mol. The zero-order valence-corrected chi connectivity index (χ0v) is 16.0. The van der Waals surface area contributed by atoms with Gasteiger partial charge in [-0.2, -0.15) is 10.2 Å². The van der Waals surface area contributed by atoms with E-state index in [2.05, 4.69) is 15.3 Å². The number of anilines is 2. The van der Waals surface area contributed by atoms with E-state index in [-0.39, 0.29) is 0 Å². The second-order valence-electron chi connectivity index (χ2n) is 6.57. The highest BCUT2D eigenvalue weighted by molar-refractivity contribution is 5.81. The number of nitrogens with zero attached hydrogens (tertiary/aromatic N) is 3. The van der Waals surface area contributed by atoms with Crippen molar-refractivity contribution in [2.75, 3.05) is 5.32 Å². The SMILES string of the molecule is Cc1cc(/C=C/C#N)cc(C)c1Oc1ccnc(Nc2ccc3occc3c2)n1. The Morgan fingerprint density at radius 1 is 1.10 bits per heavy atom. The van der Waals surface area contributed by atoms with E-state index in [0.29, 0.717) is 11.8 Å². The summed E-state index contributed by atoms with van der Waals surface area (Å²) in [7, 11) is 0. The van der Waals surface area contributed by atoms with E-state index in [1.54, 1.807) is 24.6 Å². The second-order valence-corrected chi connectivity index (χ2v) is 6.57. The van der Waals surface area contributed by atoms with Crippen LogP contribution < -0.4 is 10.1 Å². The second kappa shape index (κ2) is 7.87. The summed E-state index contributed by atoms with van der Waals surface area (Å²) in [6, 6.07) is 15.3. The van der Waals surface area contributed by atoms with Gasteiger partial charge in [-0.3, -0.25) is 0 Å². The normalized spacial score (nSPS) is 10.9. The molecule has 0 spiro atoms. The van der Waals surface area contributed by atoms with Crippen molar-refractivity contribution in [3.63, 3.8) is 0 Å². The van der Waals surface area contributed by atoms with Crippen molar-refractivity contribution >= 4 is 28.7 Å². The molecule has 0 saturated carbocycles. The van der Waals surface area contributed by atoms with E-state index in [9.17, 15) is 0 Å². The molecule has 0 aliphatic heterocycles. The molecule has 0 atom stereocenters. The Morgan fingerprint density at radius 3 is 2.72 bits per heavy atom. The zero-order chi connectivity index (χ0) is 20.2. The molecule has 0 bridgehead atoms. The van der Waals surface area contributed by atoms with Gasteiger partial charge in [0.1, 0.15) is 11.3 Å². The maximum absolute atomic E-state index is 8.70. The Bertz CT molecular complexity index is 1230. The first-order valence-electron chi connectivity index (χ1n) is 9.05. The van der Waals surface area contributed by atoms with Crippen molar-refractivity contribution in [1.82, 2.24) is 9.97 Å². The lowest BCUT2D eigenvalue weighted by Crippen LogP contribution is -1.99. The summed E-state index contributed by atoms with van der Waals surface area (Å²) in [4.78, 5) is 8.73. The molecular weight excluding hydrogens is 364 g/mol. The van der Waals surface area contributed by atoms with Crippen LogP contribution in [0.5, 0.6) is 11.6 Å². The molecule has 4 aromatic rings. The molecule has 1 N–H and O–H groups in total. The molecule has 0 radical (unpaired) electrons. The van der Waals surface area contributed by atoms with Crippen LogP contribution >= 0.6 is 0 Å². The molecule has 6 nitrogen and oxygen atoms in total. The summed E-state index contributed by atoms with van der Waals surface area (Å²) in [5.41, 5.74) is 4.56. The van der Waals surface area contributed by atoms with E-state index in [1.807, 2.05) is 56.3 Å². The number of aromatic nitrogens is 2. The van der Waals surface area contributed by atoms with E-state index in [1.165, 1.54) is 6.08 Å². The summed E-state index contributed by atoms with van der Waals surface area (Å²) < 4.78 is 11.4. The number of nitriles is 1. The first kappa shape index (κ1) is 18.3. The number of nitrogens with one attached hydrogen (secondary N) is 1. The van der Waals surface area contributed by atoms with Gasteiger partial charge >= 0.3 is 0 Å². The molecule has 2 aromatic carbocycles. The zero-order valence-electron chi connectivity index (χ0n) is 16.0. The third-order valence-corrected chi connectivity index (χ3v) is 4.38. The third-order valence-electron chi connectivity index (χ3n) is 4.38. The number of furan rings is 1. The van der Waals surface area contributed by atoms with Crippen molar-refractivity contribution < 1.29 is 9.15 Å². The van der Waals surface area contributed by atoms with E-state index in [4.69, 9.17) is 14.4 Å². The third kappa shape index (κ3) is 4.09. The molecule has 0 aliphatic rings. The van der Waals surface area contributed by atoms with Gasteiger partial charge in [-0.25, -0.2) is 4.98 Å². The minimum absolute atomic E-state index is 0.439. The quantitative estimate of drug-likeness (QED) is 0.432. The Hall–Kier alpha value is -4.11. The minimum Gasteiger partial charge on any atom is -0.464 e. The van der Waals surface area contributed by atoms with Crippen LogP contribution in [-0.4, -0.2) is 9.97 Å². The highest BCUT2D eigenvalue weighted by Crippen LogP contribution is 2.30. The molecule has 6 heteroatoms. The van der Waals surface area contributed by atoms with Gasteiger partial charge in [0, 0.05) is 29.4 Å². The van der Waals surface area contributed by atoms with Gasteiger partial charge in [-0.05, 0) is 73.0 Å². The lowest BCUT2D eigenvalue weighted by atomic mass is 10.1. The molecule has 0 saturated heterocycles. The number of aryl methyl sites for hydroxylation is 2. The van der Waals surface area contributed by atoms with Crippen LogP contribution in [0.2, 0.25) is 0 Å². The molecule has 2 heterocycles. The van der Waals surface area contributed by atoms with Gasteiger partial charge < -0.3 is 14.5 Å². The summed E-state index contributed by atoms with van der Waals surface area (Å²) in [5.74, 6) is 1.62. The molecule has 0 unspecified atom stereocenters. The van der Waals surface area contributed by atoms with Crippen LogP contribution in [0.1, 0.15) is 16.7 Å². The first-order chi connectivity index (χ1) is 14.1. The number of allylic oxidation sites excluding steroid dienone is 1. The van der Waals surface area contributed by atoms with E-state index in [0.717, 1.165) is 39.1 Å². The van der Waals surface area contributed by atoms with E-state index < -0.39 is 0 Å². The van der Waals surface area contributed by atoms with Crippen molar-refractivity contribution in [3.05, 3.63) is 77.7 Å². The molecule has 0 amide bonds. The maximum atomic E-state index is 8.70. The first-order valence-corrected chi connectivity index (χ1v) is 9.05. The monoisotopic (exact) mass is 382 g/mol.